The molecule has 2 saturated heterocycles. The van der Waals surface area contributed by atoms with E-state index >= 15 is 0 Å². The molecule has 1 aliphatic carbocycles. The fourth-order valence-corrected chi connectivity index (χ4v) is 4.13. The summed E-state index contributed by atoms with van der Waals surface area (Å²) >= 11 is 0. The van der Waals surface area contributed by atoms with Crippen LogP contribution in [0.4, 0.5) is 4.79 Å². The zero-order valence-electron chi connectivity index (χ0n) is 15.3. The van der Waals surface area contributed by atoms with Crippen molar-refractivity contribution in [3.63, 3.8) is 0 Å². The number of carbonyl (C=O) groups is 2. The highest BCUT2D eigenvalue weighted by atomic mass is 16.6. The molecular weight excluding hydrogens is 336 g/mol. The van der Waals surface area contributed by atoms with Gasteiger partial charge in [0.2, 0.25) is 5.91 Å². The van der Waals surface area contributed by atoms with Gasteiger partial charge in [0.15, 0.2) is 0 Å². The van der Waals surface area contributed by atoms with Gasteiger partial charge < -0.3 is 19.5 Å². The van der Waals surface area contributed by atoms with Gasteiger partial charge in [-0.3, -0.25) is 9.69 Å². The predicted octanol–water partition coefficient (Wildman–Crippen LogP) is 1.09. The summed E-state index contributed by atoms with van der Waals surface area (Å²) in [4.78, 5) is 28.0. The van der Waals surface area contributed by atoms with Crippen molar-refractivity contribution in [1.29, 1.82) is 0 Å². The van der Waals surface area contributed by atoms with E-state index < -0.39 is 5.60 Å². The molecule has 8 heteroatoms. The molecule has 1 spiro atoms. The van der Waals surface area contributed by atoms with Gasteiger partial charge in [-0.25, -0.2) is 4.79 Å². The van der Waals surface area contributed by atoms with Gasteiger partial charge in [-0.2, -0.15) is 0 Å². The van der Waals surface area contributed by atoms with E-state index in [2.05, 4.69) is 10.5 Å². The molecule has 8 nitrogen and oxygen atoms in total. The van der Waals surface area contributed by atoms with E-state index in [1.807, 2.05) is 0 Å². The topological polar surface area (TPSA) is 87.9 Å². The SMILES string of the molecule is CN(Cc1noc2c1CCCC2)C(=O)CN1CC2(CCNCC2)OC1=O. The predicted molar refractivity (Wildman–Crippen MR) is 92.5 cm³/mol. The third-order valence-corrected chi connectivity index (χ3v) is 5.73. The molecule has 142 valence electrons. The molecule has 0 aromatic carbocycles. The van der Waals surface area contributed by atoms with E-state index in [0.717, 1.165) is 68.6 Å². The highest BCUT2D eigenvalue weighted by Crippen LogP contribution is 2.31. The number of aromatic nitrogens is 1. The van der Waals surface area contributed by atoms with Crippen molar-refractivity contribution in [2.45, 2.75) is 50.7 Å². The van der Waals surface area contributed by atoms with Gasteiger partial charge in [0.05, 0.1) is 13.1 Å². The number of ether oxygens (including phenoxy) is 1. The molecule has 1 aromatic rings. The molecule has 2 amide bonds. The molecule has 0 unspecified atom stereocenters. The first-order valence-corrected chi connectivity index (χ1v) is 9.45. The van der Waals surface area contributed by atoms with Crippen LogP contribution in [-0.4, -0.2) is 65.8 Å². The first-order chi connectivity index (χ1) is 12.6. The number of carbonyl (C=O) groups excluding carboxylic acids is 2. The molecule has 3 heterocycles. The molecule has 2 fully saturated rings. The van der Waals surface area contributed by atoms with Crippen molar-refractivity contribution in [2.24, 2.45) is 0 Å². The standard InChI is InChI=1S/C18H26N4O4/c1-21(10-14-13-4-2-3-5-15(13)26-20-14)16(23)11-22-12-18(25-17(22)24)6-8-19-9-7-18/h19H,2-12H2,1H3. The molecule has 0 saturated carbocycles. The lowest BCUT2D eigenvalue weighted by molar-refractivity contribution is -0.131. The summed E-state index contributed by atoms with van der Waals surface area (Å²) in [6.07, 6.45) is 5.36. The molecule has 4 rings (SSSR count). The smallest absolute Gasteiger partial charge is 0.410 e. The maximum atomic E-state index is 12.6. The van der Waals surface area contributed by atoms with Crippen molar-refractivity contribution in [1.82, 2.24) is 20.3 Å². The van der Waals surface area contributed by atoms with Crippen molar-refractivity contribution >= 4 is 12.0 Å². The zero-order chi connectivity index (χ0) is 18.1. The van der Waals surface area contributed by atoms with Gasteiger partial charge in [-0.15, -0.1) is 0 Å². The number of hydrogen-bond acceptors (Lipinski definition) is 6. The number of aryl methyl sites for hydroxylation is 1. The van der Waals surface area contributed by atoms with Crippen LogP contribution in [0.5, 0.6) is 0 Å². The number of likely N-dealkylation sites (N-methyl/N-ethyl adjacent to an activating group) is 1. The van der Waals surface area contributed by atoms with Crippen LogP contribution >= 0.6 is 0 Å². The lowest BCUT2D eigenvalue weighted by Gasteiger charge is -2.31. The second kappa shape index (κ2) is 6.90. The van der Waals surface area contributed by atoms with Crippen molar-refractivity contribution in [2.75, 3.05) is 33.2 Å². The second-order valence-corrected chi connectivity index (χ2v) is 7.64. The van der Waals surface area contributed by atoms with E-state index in [1.54, 1.807) is 11.9 Å². The first kappa shape index (κ1) is 17.3. The Morgan fingerprint density at radius 1 is 1.31 bits per heavy atom. The average molecular weight is 362 g/mol. The summed E-state index contributed by atoms with van der Waals surface area (Å²) in [5.74, 6) is 0.851. The number of nitrogens with one attached hydrogen (secondary N) is 1. The molecule has 0 atom stereocenters. The van der Waals surface area contributed by atoms with E-state index in [9.17, 15) is 9.59 Å². The lowest BCUT2D eigenvalue weighted by Crippen LogP contribution is -2.46. The Morgan fingerprint density at radius 3 is 2.88 bits per heavy atom. The summed E-state index contributed by atoms with van der Waals surface area (Å²) in [6, 6.07) is 0. The van der Waals surface area contributed by atoms with Crippen LogP contribution in [0.2, 0.25) is 0 Å². The van der Waals surface area contributed by atoms with Gasteiger partial charge >= 0.3 is 6.09 Å². The first-order valence-electron chi connectivity index (χ1n) is 9.45. The molecule has 3 aliphatic rings. The van der Waals surface area contributed by atoms with E-state index in [1.165, 1.54) is 4.90 Å². The Hall–Kier alpha value is -2.09. The molecule has 2 aliphatic heterocycles. The van der Waals surface area contributed by atoms with Gasteiger partial charge in [0.1, 0.15) is 23.6 Å². The number of fused-ring (bicyclic) bond motifs is 1. The highest BCUT2D eigenvalue weighted by molar-refractivity contribution is 5.83. The Balaban J connectivity index is 1.36. The monoisotopic (exact) mass is 362 g/mol. The van der Waals surface area contributed by atoms with Gasteiger partial charge in [0.25, 0.3) is 0 Å². The summed E-state index contributed by atoms with van der Waals surface area (Å²) in [5, 5.41) is 7.43. The Bertz CT molecular complexity index is 695. The van der Waals surface area contributed by atoms with Crippen LogP contribution in [0.25, 0.3) is 0 Å². The highest BCUT2D eigenvalue weighted by Gasteiger charge is 2.46. The normalized spacial score (nSPS) is 21.6. The minimum absolute atomic E-state index is 0.0462. The number of piperidine rings is 1. The average Bonchev–Trinajstić information content (AvgIpc) is 3.17. The van der Waals surface area contributed by atoms with Crippen LogP contribution in [0.1, 0.15) is 42.7 Å². The van der Waals surface area contributed by atoms with Crippen molar-refractivity contribution in [3.8, 4) is 0 Å². The fourth-order valence-electron chi connectivity index (χ4n) is 4.13. The minimum Gasteiger partial charge on any atom is -0.441 e. The second-order valence-electron chi connectivity index (χ2n) is 7.64. The van der Waals surface area contributed by atoms with E-state index in [0.29, 0.717) is 13.1 Å². The Labute approximate surface area is 152 Å². The van der Waals surface area contributed by atoms with E-state index in [-0.39, 0.29) is 18.5 Å². The Morgan fingerprint density at radius 2 is 2.08 bits per heavy atom. The zero-order valence-corrected chi connectivity index (χ0v) is 15.3. The third kappa shape index (κ3) is 3.30. The summed E-state index contributed by atoms with van der Waals surface area (Å²) < 4.78 is 11.0. The molecule has 0 radical (unpaired) electrons. The maximum Gasteiger partial charge on any atom is 0.410 e. The van der Waals surface area contributed by atoms with Crippen LogP contribution in [0.3, 0.4) is 0 Å². The largest absolute Gasteiger partial charge is 0.441 e. The number of nitrogens with zero attached hydrogens (tertiary/aromatic N) is 3. The van der Waals surface area contributed by atoms with Crippen LogP contribution in [0.15, 0.2) is 4.52 Å². The van der Waals surface area contributed by atoms with Crippen molar-refractivity contribution < 1.29 is 18.8 Å². The molecule has 26 heavy (non-hydrogen) atoms. The maximum absolute atomic E-state index is 12.6. The lowest BCUT2D eigenvalue weighted by atomic mass is 9.92. The number of amides is 2. The third-order valence-electron chi connectivity index (χ3n) is 5.73. The quantitative estimate of drug-likeness (QED) is 0.863. The van der Waals surface area contributed by atoms with Crippen molar-refractivity contribution in [3.05, 3.63) is 17.0 Å². The fraction of sp³-hybridized carbons (Fsp3) is 0.722. The summed E-state index contributed by atoms with van der Waals surface area (Å²) in [5.41, 5.74) is 1.58. The van der Waals surface area contributed by atoms with Crippen LogP contribution in [-0.2, 0) is 28.9 Å². The Kier molecular flexibility index (Phi) is 4.60. The minimum atomic E-state index is -0.424. The molecule has 1 aromatic heterocycles. The van der Waals surface area contributed by atoms with Crippen LogP contribution in [0, 0.1) is 0 Å². The van der Waals surface area contributed by atoms with Gasteiger partial charge in [-0.05, 0) is 32.4 Å². The number of rotatable bonds is 4. The van der Waals surface area contributed by atoms with Gasteiger partial charge in [0, 0.05) is 31.9 Å². The molecular formula is C18H26N4O4. The van der Waals surface area contributed by atoms with Gasteiger partial charge in [-0.1, -0.05) is 5.16 Å². The number of hydrogen-bond donors (Lipinski definition) is 1. The van der Waals surface area contributed by atoms with E-state index in [4.69, 9.17) is 9.26 Å². The van der Waals surface area contributed by atoms with Crippen LogP contribution < -0.4 is 5.32 Å². The summed E-state index contributed by atoms with van der Waals surface area (Å²) in [7, 11) is 1.74. The molecule has 1 N–H and O–H groups in total. The molecule has 0 bridgehead atoms. The summed E-state index contributed by atoms with van der Waals surface area (Å²) in [6.45, 7) is 2.63.